The largest absolute Gasteiger partial charge is 0.461 e. The van der Waals surface area contributed by atoms with Crippen LogP contribution in [0.25, 0.3) is 11.1 Å². The third kappa shape index (κ3) is 3.12. The van der Waals surface area contributed by atoms with E-state index in [1.807, 2.05) is 30.3 Å². The van der Waals surface area contributed by atoms with Crippen molar-refractivity contribution in [2.75, 3.05) is 6.61 Å². The summed E-state index contributed by atoms with van der Waals surface area (Å²) in [5, 5.41) is 0. The van der Waals surface area contributed by atoms with E-state index in [0.29, 0.717) is 18.2 Å². The molecule has 0 unspecified atom stereocenters. The van der Waals surface area contributed by atoms with Crippen LogP contribution in [-0.2, 0) is 10.6 Å². The van der Waals surface area contributed by atoms with Gasteiger partial charge in [-0.1, -0.05) is 30.3 Å². The molecule has 0 aliphatic heterocycles. The molecule has 2 rings (SSSR count). The van der Waals surface area contributed by atoms with Crippen LogP contribution in [0.5, 0.6) is 0 Å². The van der Waals surface area contributed by atoms with Crippen LogP contribution in [0.15, 0.2) is 42.6 Å². The van der Waals surface area contributed by atoms with Crippen molar-refractivity contribution in [1.82, 2.24) is 4.98 Å². The number of esters is 1. The average Bonchev–Trinajstić information content (AvgIpc) is 2.47. The molecule has 1 heterocycles. The Labute approximate surface area is 117 Å². The van der Waals surface area contributed by atoms with Crippen LogP contribution < -0.4 is 0 Å². The predicted octanol–water partition coefficient (Wildman–Crippen LogP) is 3.66. The number of carbonyl (C=O) groups excluding carboxylic acids is 1. The number of alkyl halides is 1. The van der Waals surface area contributed by atoms with Gasteiger partial charge in [0.1, 0.15) is 0 Å². The molecule has 0 bridgehead atoms. The molecule has 0 N–H and O–H groups in total. The van der Waals surface area contributed by atoms with Gasteiger partial charge in [-0.15, -0.1) is 11.6 Å². The highest BCUT2D eigenvalue weighted by molar-refractivity contribution is 6.17. The first kappa shape index (κ1) is 13.6. The van der Waals surface area contributed by atoms with Crippen molar-refractivity contribution in [2.24, 2.45) is 0 Å². The lowest BCUT2D eigenvalue weighted by molar-refractivity contribution is 0.0520. The van der Waals surface area contributed by atoms with E-state index in [2.05, 4.69) is 4.98 Å². The van der Waals surface area contributed by atoms with E-state index < -0.39 is 5.97 Å². The van der Waals surface area contributed by atoms with Gasteiger partial charge < -0.3 is 4.74 Å². The van der Waals surface area contributed by atoms with Crippen LogP contribution in [0.3, 0.4) is 0 Å². The Hall–Kier alpha value is -1.87. The molecule has 0 aliphatic carbocycles. The van der Waals surface area contributed by atoms with E-state index in [4.69, 9.17) is 16.3 Å². The van der Waals surface area contributed by atoms with Crippen molar-refractivity contribution in [3.63, 3.8) is 0 Å². The normalized spacial score (nSPS) is 10.2. The second-order valence-corrected chi connectivity index (χ2v) is 4.22. The maximum absolute atomic E-state index is 11.9. The van der Waals surface area contributed by atoms with Gasteiger partial charge in [-0.2, -0.15) is 0 Å². The SMILES string of the molecule is CCOC(=O)c1ncccc1-c1ccc(CCl)cc1. The van der Waals surface area contributed by atoms with E-state index in [9.17, 15) is 4.79 Å². The zero-order valence-corrected chi connectivity index (χ0v) is 11.4. The van der Waals surface area contributed by atoms with Crippen molar-refractivity contribution >= 4 is 17.6 Å². The first-order valence-corrected chi connectivity index (χ1v) is 6.57. The van der Waals surface area contributed by atoms with Crippen molar-refractivity contribution in [2.45, 2.75) is 12.8 Å². The van der Waals surface area contributed by atoms with Crippen LogP contribution >= 0.6 is 11.6 Å². The Kier molecular flexibility index (Phi) is 4.53. The molecule has 0 atom stereocenters. The third-order valence-electron chi connectivity index (χ3n) is 2.70. The molecule has 19 heavy (non-hydrogen) atoms. The zero-order chi connectivity index (χ0) is 13.7. The lowest BCUT2D eigenvalue weighted by atomic mass is 10.0. The first-order valence-electron chi connectivity index (χ1n) is 6.03. The lowest BCUT2D eigenvalue weighted by Crippen LogP contribution is -2.08. The minimum atomic E-state index is -0.403. The predicted molar refractivity (Wildman–Crippen MR) is 75.2 cm³/mol. The third-order valence-corrected chi connectivity index (χ3v) is 3.00. The molecule has 0 fully saturated rings. The van der Waals surface area contributed by atoms with Crippen LogP contribution in [0.1, 0.15) is 23.0 Å². The number of nitrogens with zero attached hydrogens (tertiary/aromatic N) is 1. The fourth-order valence-corrected chi connectivity index (χ4v) is 1.95. The summed E-state index contributed by atoms with van der Waals surface area (Å²) in [5.41, 5.74) is 3.06. The smallest absolute Gasteiger partial charge is 0.357 e. The maximum atomic E-state index is 11.9. The molecular weight excluding hydrogens is 262 g/mol. The quantitative estimate of drug-likeness (QED) is 0.631. The molecule has 0 spiro atoms. The summed E-state index contributed by atoms with van der Waals surface area (Å²) in [7, 11) is 0. The van der Waals surface area contributed by atoms with Crippen LogP contribution in [0, 0.1) is 0 Å². The summed E-state index contributed by atoms with van der Waals surface area (Å²) >= 11 is 5.76. The summed E-state index contributed by atoms with van der Waals surface area (Å²) in [6.45, 7) is 2.11. The summed E-state index contributed by atoms with van der Waals surface area (Å²) in [5.74, 6) is 0.0671. The van der Waals surface area contributed by atoms with E-state index in [1.165, 1.54) is 0 Å². The highest BCUT2D eigenvalue weighted by Crippen LogP contribution is 2.23. The van der Waals surface area contributed by atoms with Gasteiger partial charge in [0, 0.05) is 17.6 Å². The highest BCUT2D eigenvalue weighted by Gasteiger charge is 2.14. The summed E-state index contributed by atoms with van der Waals surface area (Å²) in [4.78, 5) is 16.0. The number of halogens is 1. The number of aromatic nitrogens is 1. The monoisotopic (exact) mass is 275 g/mol. The Morgan fingerprint density at radius 2 is 2.00 bits per heavy atom. The van der Waals surface area contributed by atoms with E-state index in [-0.39, 0.29) is 0 Å². The molecule has 0 saturated carbocycles. The van der Waals surface area contributed by atoms with Gasteiger partial charge in [-0.3, -0.25) is 0 Å². The number of rotatable bonds is 4. The van der Waals surface area contributed by atoms with Crippen LogP contribution in [0.2, 0.25) is 0 Å². The molecule has 1 aromatic carbocycles. The van der Waals surface area contributed by atoms with E-state index >= 15 is 0 Å². The number of ether oxygens (including phenoxy) is 1. The second-order valence-electron chi connectivity index (χ2n) is 3.95. The van der Waals surface area contributed by atoms with Crippen LogP contribution in [-0.4, -0.2) is 17.6 Å². The molecule has 1 aromatic heterocycles. The first-order chi connectivity index (χ1) is 9.26. The fraction of sp³-hybridized carbons (Fsp3) is 0.200. The minimum absolute atomic E-state index is 0.333. The van der Waals surface area contributed by atoms with Gasteiger partial charge in [0.15, 0.2) is 5.69 Å². The van der Waals surface area contributed by atoms with Gasteiger partial charge in [-0.25, -0.2) is 9.78 Å². The Morgan fingerprint density at radius 1 is 1.26 bits per heavy atom. The van der Waals surface area contributed by atoms with Crippen molar-refractivity contribution in [3.8, 4) is 11.1 Å². The minimum Gasteiger partial charge on any atom is -0.461 e. The highest BCUT2D eigenvalue weighted by atomic mass is 35.5. The van der Waals surface area contributed by atoms with Gasteiger partial charge >= 0.3 is 5.97 Å². The topological polar surface area (TPSA) is 39.2 Å². The molecular formula is C15H14ClNO2. The number of carbonyl (C=O) groups is 1. The molecule has 2 aromatic rings. The molecule has 0 aliphatic rings. The average molecular weight is 276 g/mol. The van der Waals surface area contributed by atoms with Gasteiger partial charge in [-0.05, 0) is 24.1 Å². The summed E-state index contributed by atoms with van der Waals surface area (Å²) in [6, 6.07) is 11.4. The fourth-order valence-electron chi connectivity index (χ4n) is 1.77. The lowest BCUT2D eigenvalue weighted by Gasteiger charge is -2.08. The molecule has 0 saturated heterocycles. The molecule has 98 valence electrons. The van der Waals surface area contributed by atoms with Crippen molar-refractivity contribution in [3.05, 3.63) is 53.9 Å². The summed E-state index contributed by atoms with van der Waals surface area (Å²) < 4.78 is 5.01. The number of benzene rings is 1. The molecule has 3 nitrogen and oxygen atoms in total. The van der Waals surface area contributed by atoms with E-state index in [0.717, 1.165) is 16.7 Å². The maximum Gasteiger partial charge on any atom is 0.357 e. The van der Waals surface area contributed by atoms with Crippen molar-refractivity contribution in [1.29, 1.82) is 0 Å². The zero-order valence-electron chi connectivity index (χ0n) is 10.6. The summed E-state index contributed by atoms with van der Waals surface area (Å²) in [6.07, 6.45) is 1.59. The second kappa shape index (κ2) is 6.34. The van der Waals surface area contributed by atoms with Gasteiger partial charge in [0.25, 0.3) is 0 Å². The Morgan fingerprint density at radius 3 is 2.63 bits per heavy atom. The number of hydrogen-bond donors (Lipinski definition) is 0. The van der Waals surface area contributed by atoms with E-state index in [1.54, 1.807) is 19.2 Å². The van der Waals surface area contributed by atoms with Crippen molar-refractivity contribution < 1.29 is 9.53 Å². The number of pyridine rings is 1. The van der Waals surface area contributed by atoms with Gasteiger partial charge in [0.2, 0.25) is 0 Å². The molecule has 0 radical (unpaired) electrons. The molecule has 0 amide bonds. The standard InChI is InChI=1S/C15H14ClNO2/c1-2-19-15(18)14-13(4-3-9-17-14)12-7-5-11(10-16)6-8-12/h3-9H,2,10H2,1H3. The molecule has 4 heteroatoms. The number of hydrogen-bond acceptors (Lipinski definition) is 3. The van der Waals surface area contributed by atoms with Gasteiger partial charge in [0.05, 0.1) is 6.61 Å². The van der Waals surface area contributed by atoms with Crippen LogP contribution in [0.4, 0.5) is 0 Å². The Balaban J connectivity index is 2.40. The Bertz CT molecular complexity index is 567.